The monoisotopic (exact) mass is 467 g/mol. The molecule has 0 saturated carbocycles. The van der Waals surface area contributed by atoms with Crippen molar-refractivity contribution in [2.24, 2.45) is 0 Å². The van der Waals surface area contributed by atoms with Crippen LogP contribution in [0.1, 0.15) is 17.2 Å². The number of benzene rings is 2. The molecule has 25 heavy (non-hydrogen) atoms. The normalized spacial score (nSPS) is 11.4. The average molecular weight is 469 g/mol. The van der Waals surface area contributed by atoms with Crippen molar-refractivity contribution in [1.82, 2.24) is 0 Å². The van der Waals surface area contributed by atoms with Crippen molar-refractivity contribution in [3.05, 3.63) is 56.5 Å². The summed E-state index contributed by atoms with van der Waals surface area (Å²) in [6.45, 7) is -0.190. The Morgan fingerprint density at radius 3 is 2.56 bits per heavy atom. The molecule has 0 heterocycles. The van der Waals surface area contributed by atoms with Gasteiger partial charge >= 0.3 is 0 Å². The van der Waals surface area contributed by atoms with Gasteiger partial charge in [-0.25, -0.2) is 0 Å². The van der Waals surface area contributed by atoms with Crippen LogP contribution in [0.5, 0.6) is 5.75 Å². The van der Waals surface area contributed by atoms with Crippen LogP contribution in [0.25, 0.3) is 0 Å². The summed E-state index contributed by atoms with van der Waals surface area (Å²) in [6, 6.07) is 10.5. The fraction of sp³-hybridized carbons (Fsp3) is 0.176. The first kappa shape index (κ1) is 19.2. The maximum Gasteiger partial charge on any atom is 0.139 e. The minimum absolute atomic E-state index is 0.0177. The molecular formula is C17H13Br2N2O4-. The van der Waals surface area contributed by atoms with Gasteiger partial charge in [-0.1, -0.05) is 15.9 Å². The van der Waals surface area contributed by atoms with E-state index in [1.54, 1.807) is 36.4 Å². The van der Waals surface area contributed by atoms with Gasteiger partial charge in [-0.05, 0) is 52.3 Å². The third kappa shape index (κ3) is 4.95. The molecule has 2 N–H and O–H groups in total. The second-order valence-electron chi connectivity index (χ2n) is 4.96. The number of ether oxygens (including phenoxy) is 1. The number of aliphatic carboxylic acids is 1. The van der Waals surface area contributed by atoms with Crippen LogP contribution in [-0.2, 0) is 4.79 Å². The summed E-state index contributed by atoms with van der Waals surface area (Å²) >= 11 is 6.66. The molecule has 6 nitrogen and oxygen atoms in total. The van der Waals surface area contributed by atoms with E-state index in [1.807, 2.05) is 6.07 Å². The lowest BCUT2D eigenvalue weighted by Crippen LogP contribution is -2.34. The molecule has 0 aliphatic carbocycles. The van der Waals surface area contributed by atoms with Crippen molar-refractivity contribution >= 4 is 43.5 Å². The maximum atomic E-state index is 11.7. The molecule has 0 saturated heterocycles. The molecule has 0 aromatic heterocycles. The quantitative estimate of drug-likeness (QED) is 0.646. The van der Waals surface area contributed by atoms with Gasteiger partial charge in [0.1, 0.15) is 12.4 Å². The maximum absolute atomic E-state index is 11.7. The fourth-order valence-corrected chi connectivity index (χ4v) is 3.54. The van der Waals surface area contributed by atoms with Gasteiger partial charge in [-0.3, -0.25) is 0 Å². The van der Waals surface area contributed by atoms with Gasteiger partial charge in [0, 0.05) is 15.7 Å². The molecule has 8 heteroatoms. The van der Waals surface area contributed by atoms with Crippen LogP contribution in [0.4, 0.5) is 5.69 Å². The Kier molecular flexibility index (Phi) is 6.82. The van der Waals surface area contributed by atoms with E-state index in [0.29, 0.717) is 31.5 Å². The second-order valence-corrected chi connectivity index (χ2v) is 6.73. The Morgan fingerprint density at radius 2 is 2.00 bits per heavy atom. The van der Waals surface area contributed by atoms with Crippen molar-refractivity contribution < 1.29 is 19.7 Å². The van der Waals surface area contributed by atoms with E-state index in [1.165, 1.54) is 0 Å². The Balaban J connectivity index is 2.42. The number of carbonyl (C=O) groups excluding carboxylic acids is 1. The lowest BCUT2D eigenvalue weighted by Gasteiger charge is -2.24. The first-order valence-corrected chi connectivity index (χ1v) is 8.75. The number of hydrogen-bond acceptors (Lipinski definition) is 6. The van der Waals surface area contributed by atoms with E-state index in [-0.39, 0.29) is 13.2 Å². The van der Waals surface area contributed by atoms with Gasteiger partial charge in [-0.2, -0.15) is 5.26 Å². The van der Waals surface area contributed by atoms with Crippen LogP contribution in [-0.4, -0.2) is 24.3 Å². The largest absolute Gasteiger partial charge is 0.548 e. The van der Waals surface area contributed by atoms with Gasteiger partial charge in [0.25, 0.3) is 0 Å². The number of aliphatic hydroxyl groups excluding tert-OH is 1. The molecule has 0 amide bonds. The predicted molar refractivity (Wildman–Crippen MR) is 97.0 cm³/mol. The topological polar surface area (TPSA) is 105 Å². The number of hydrogen-bond donors (Lipinski definition) is 2. The Hall–Kier alpha value is -2.08. The van der Waals surface area contributed by atoms with Crippen molar-refractivity contribution in [3.63, 3.8) is 0 Å². The number of nitrogens with zero attached hydrogens (tertiary/aromatic N) is 1. The summed E-state index contributed by atoms with van der Waals surface area (Å²) in [5, 5.41) is 32.4. The number of carboxylic acid groups (broad SMARTS) is 1. The molecule has 2 rings (SSSR count). The number of halogens is 2. The molecule has 130 valence electrons. The zero-order valence-electron chi connectivity index (χ0n) is 12.8. The van der Waals surface area contributed by atoms with Crippen LogP contribution >= 0.6 is 31.9 Å². The Labute approximate surface area is 161 Å². The number of nitriles is 1. The summed E-state index contributed by atoms with van der Waals surface area (Å²) < 4.78 is 6.68. The molecule has 1 atom stereocenters. The highest BCUT2D eigenvalue weighted by atomic mass is 79.9. The first-order valence-electron chi connectivity index (χ1n) is 7.16. The van der Waals surface area contributed by atoms with Crippen molar-refractivity contribution in [1.29, 1.82) is 5.26 Å². The number of aliphatic hydroxyl groups is 1. The molecule has 0 bridgehead atoms. The third-order valence-electron chi connectivity index (χ3n) is 3.25. The summed E-state index contributed by atoms with van der Waals surface area (Å²) in [4.78, 5) is 11.7. The van der Waals surface area contributed by atoms with Crippen LogP contribution < -0.4 is 15.2 Å². The summed E-state index contributed by atoms with van der Waals surface area (Å²) in [5.74, 6) is -1.05. The Morgan fingerprint density at radius 1 is 1.32 bits per heavy atom. The standard InChI is InChI=1S/C17H14Br2N2O4/c18-11-7-13(16(14(19)8-11)25-6-5-22)15(17(23)24)21-12-3-1-10(9-20)2-4-12/h1-4,7-8,15,21-22H,5-6H2,(H,23,24)/p-1. The smallest absolute Gasteiger partial charge is 0.139 e. The number of nitrogens with one attached hydrogen (secondary N) is 1. The average Bonchev–Trinajstić information content (AvgIpc) is 2.58. The fourth-order valence-electron chi connectivity index (χ4n) is 2.17. The number of anilines is 1. The number of carbonyl (C=O) groups is 1. The van der Waals surface area contributed by atoms with E-state index in [4.69, 9.17) is 15.1 Å². The molecule has 0 aliphatic heterocycles. The highest BCUT2D eigenvalue weighted by Gasteiger charge is 2.21. The minimum Gasteiger partial charge on any atom is -0.548 e. The van der Waals surface area contributed by atoms with Gasteiger partial charge in [0.2, 0.25) is 0 Å². The summed E-state index contributed by atoms with van der Waals surface area (Å²) in [6.07, 6.45) is 0. The van der Waals surface area contributed by atoms with Crippen LogP contribution in [0.15, 0.2) is 45.3 Å². The molecule has 0 fully saturated rings. The van der Waals surface area contributed by atoms with Crippen molar-refractivity contribution in [3.8, 4) is 11.8 Å². The molecule has 1 unspecified atom stereocenters. The number of carboxylic acids is 1. The zero-order chi connectivity index (χ0) is 18.4. The van der Waals surface area contributed by atoms with E-state index < -0.39 is 12.0 Å². The van der Waals surface area contributed by atoms with Crippen molar-refractivity contribution in [2.75, 3.05) is 18.5 Å². The summed E-state index contributed by atoms with van der Waals surface area (Å²) in [5.41, 5.74) is 1.31. The molecule has 2 aromatic rings. The molecule has 0 aliphatic rings. The molecule has 2 aromatic carbocycles. The lowest BCUT2D eigenvalue weighted by atomic mass is 10.0. The highest BCUT2D eigenvalue weighted by Crippen LogP contribution is 2.37. The summed E-state index contributed by atoms with van der Waals surface area (Å²) in [7, 11) is 0. The predicted octanol–water partition coefficient (Wildman–Crippen LogP) is 2.36. The van der Waals surface area contributed by atoms with Gasteiger partial charge < -0.3 is 25.1 Å². The van der Waals surface area contributed by atoms with Crippen LogP contribution in [0.2, 0.25) is 0 Å². The number of rotatable bonds is 7. The van der Waals surface area contributed by atoms with E-state index >= 15 is 0 Å². The third-order valence-corrected chi connectivity index (χ3v) is 4.29. The SMILES string of the molecule is N#Cc1ccc(NC(C(=O)[O-])c2cc(Br)cc(Br)c2OCCO)cc1. The Bertz CT molecular complexity index is 804. The van der Waals surface area contributed by atoms with Crippen LogP contribution in [0, 0.1) is 11.3 Å². The highest BCUT2D eigenvalue weighted by molar-refractivity contribution is 9.11. The van der Waals surface area contributed by atoms with Gasteiger partial charge in [0.05, 0.1) is 34.7 Å². The molecule has 0 spiro atoms. The van der Waals surface area contributed by atoms with Gasteiger partial charge in [-0.15, -0.1) is 0 Å². The van der Waals surface area contributed by atoms with E-state index in [0.717, 1.165) is 0 Å². The molecule has 0 radical (unpaired) electrons. The second kappa shape index (κ2) is 8.85. The van der Waals surface area contributed by atoms with Crippen molar-refractivity contribution in [2.45, 2.75) is 6.04 Å². The van der Waals surface area contributed by atoms with Gasteiger partial charge in [0.15, 0.2) is 0 Å². The van der Waals surface area contributed by atoms with E-state index in [2.05, 4.69) is 37.2 Å². The van der Waals surface area contributed by atoms with Crippen LogP contribution in [0.3, 0.4) is 0 Å². The zero-order valence-corrected chi connectivity index (χ0v) is 16.0. The minimum atomic E-state index is -1.34. The lowest BCUT2D eigenvalue weighted by molar-refractivity contribution is -0.307. The van der Waals surface area contributed by atoms with E-state index in [9.17, 15) is 9.90 Å². The first-order chi connectivity index (χ1) is 12.0. The molecular weight excluding hydrogens is 456 g/mol.